The molecule has 4 heteroatoms. The second kappa shape index (κ2) is 5.92. The minimum atomic E-state index is -0.369. The molecule has 0 amide bonds. The van der Waals surface area contributed by atoms with Crippen LogP contribution in [0.15, 0.2) is 24.3 Å². The van der Waals surface area contributed by atoms with E-state index in [-0.39, 0.29) is 5.97 Å². The molecular weight excluding hydrogens is 247 g/mol. The number of carbonyl (C=O) groups excluding carboxylic acids is 1. The summed E-state index contributed by atoms with van der Waals surface area (Å²) < 4.78 is 4.81. The molecule has 0 aliphatic rings. The number of hydrogen-bond donors (Lipinski definition) is 0. The maximum absolute atomic E-state index is 11.2. The van der Waals surface area contributed by atoms with Crippen LogP contribution >= 0.6 is 23.2 Å². The lowest BCUT2D eigenvalue weighted by atomic mass is 10.1. The van der Waals surface area contributed by atoms with Crippen LogP contribution in [-0.4, -0.2) is 12.6 Å². The molecule has 0 aliphatic carbocycles. The van der Waals surface area contributed by atoms with E-state index in [2.05, 4.69) is 0 Å². The van der Waals surface area contributed by atoms with Crippen LogP contribution in [0.2, 0.25) is 10.0 Å². The predicted molar refractivity (Wildman–Crippen MR) is 66.7 cm³/mol. The maximum Gasteiger partial charge on any atom is 0.331 e. The molecule has 1 rings (SSSR count). The van der Waals surface area contributed by atoms with E-state index >= 15 is 0 Å². The van der Waals surface area contributed by atoms with Gasteiger partial charge in [-0.2, -0.15) is 0 Å². The van der Waals surface area contributed by atoms with Gasteiger partial charge in [-0.25, -0.2) is 4.79 Å². The van der Waals surface area contributed by atoms with Crippen molar-refractivity contribution in [2.24, 2.45) is 0 Å². The Morgan fingerprint density at radius 2 is 2.12 bits per heavy atom. The van der Waals surface area contributed by atoms with Crippen molar-refractivity contribution in [1.82, 2.24) is 0 Å². The summed E-state index contributed by atoms with van der Waals surface area (Å²) in [5.74, 6) is -0.369. The van der Waals surface area contributed by atoms with Gasteiger partial charge in [0.2, 0.25) is 0 Å². The molecule has 0 saturated carbocycles. The lowest BCUT2D eigenvalue weighted by molar-refractivity contribution is -0.137. The molecule has 0 spiro atoms. The highest BCUT2D eigenvalue weighted by Crippen LogP contribution is 2.26. The Labute approximate surface area is 105 Å². The van der Waals surface area contributed by atoms with Gasteiger partial charge in [-0.1, -0.05) is 29.3 Å². The number of ether oxygens (including phenoxy) is 1. The summed E-state index contributed by atoms with van der Waals surface area (Å²) in [6, 6.07) is 5.14. The van der Waals surface area contributed by atoms with Gasteiger partial charge >= 0.3 is 5.97 Å². The molecule has 0 saturated heterocycles. The number of hydrogen-bond acceptors (Lipinski definition) is 2. The number of rotatable bonds is 3. The minimum absolute atomic E-state index is 0.358. The van der Waals surface area contributed by atoms with Crippen molar-refractivity contribution in [2.75, 3.05) is 6.61 Å². The standard InChI is InChI=1S/C12H12Cl2O2/c1-3-16-12(15)6-8(2)10-5-4-9(13)7-11(10)14/h4-7H,3H2,1-2H3. The summed E-state index contributed by atoms with van der Waals surface area (Å²) in [6.07, 6.45) is 1.42. The quantitative estimate of drug-likeness (QED) is 0.606. The number of halogens is 2. The third kappa shape index (κ3) is 3.54. The van der Waals surface area contributed by atoms with Gasteiger partial charge in [0.1, 0.15) is 0 Å². The summed E-state index contributed by atoms with van der Waals surface area (Å²) in [4.78, 5) is 11.2. The van der Waals surface area contributed by atoms with Gasteiger partial charge in [0.15, 0.2) is 0 Å². The molecule has 0 aromatic heterocycles. The highest BCUT2D eigenvalue weighted by molar-refractivity contribution is 6.35. The molecule has 86 valence electrons. The molecule has 1 aromatic rings. The van der Waals surface area contributed by atoms with Gasteiger partial charge in [-0.05, 0) is 37.1 Å². The van der Waals surface area contributed by atoms with E-state index < -0.39 is 0 Å². The predicted octanol–water partition coefficient (Wildman–Crippen LogP) is 3.96. The second-order valence-electron chi connectivity index (χ2n) is 3.20. The first kappa shape index (κ1) is 13.1. The highest BCUT2D eigenvalue weighted by atomic mass is 35.5. The summed E-state index contributed by atoms with van der Waals surface area (Å²) in [5.41, 5.74) is 1.53. The molecule has 0 aliphatic heterocycles. The van der Waals surface area contributed by atoms with E-state index in [1.54, 1.807) is 32.0 Å². The molecule has 1 aromatic carbocycles. The number of carbonyl (C=O) groups is 1. The van der Waals surface area contributed by atoms with E-state index in [9.17, 15) is 4.79 Å². The maximum atomic E-state index is 11.2. The summed E-state index contributed by atoms with van der Waals surface area (Å²) >= 11 is 11.8. The van der Waals surface area contributed by atoms with Crippen LogP contribution in [0, 0.1) is 0 Å². The van der Waals surface area contributed by atoms with Gasteiger partial charge < -0.3 is 4.74 Å². The molecule has 0 fully saturated rings. The smallest absolute Gasteiger partial charge is 0.331 e. The zero-order chi connectivity index (χ0) is 12.1. The first-order chi connectivity index (χ1) is 7.54. The number of esters is 1. The van der Waals surface area contributed by atoms with Crippen LogP contribution in [0.5, 0.6) is 0 Å². The number of benzene rings is 1. The molecule has 16 heavy (non-hydrogen) atoms. The summed E-state index contributed by atoms with van der Waals surface area (Å²) in [5, 5.41) is 1.09. The lowest BCUT2D eigenvalue weighted by Crippen LogP contribution is -2.00. The summed E-state index contributed by atoms with van der Waals surface area (Å²) in [7, 11) is 0. The van der Waals surface area contributed by atoms with Crippen molar-refractivity contribution < 1.29 is 9.53 Å². The van der Waals surface area contributed by atoms with Crippen LogP contribution in [0.1, 0.15) is 19.4 Å². The van der Waals surface area contributed by atoms with Crippen LogP contribution in [0.4, 0.5) is 0 Å². The van der Waals surface area contributed by atoms with Crippen molar-refractivity contribution in [1.29, 1.82) is 0 Å². The Balaban J connectivity index is 2.96. The SMILES string of the molecule is CCOC(=O)C=C(C)c1ccc(Cl)cc1Cl. The largest absolute Gasteiger partial charge is 0.463 e. The molecule has 0 N–H and O–H groups in total. The Bertz CT molecular complexity index is 425. The van der Waals surface area contributed by atoms with Gasteiger partial charge in [0.25, 0.3) is 0 Å². The Hall–Kier alpha value is -0.990. The first-order valence-corrected chi connectivity index (χ1v) is 5.60. The number of allylic oxidation sites excluding steroid dienone is 1. The monoisotopic (exact) mass is 258 g/mol. The molecule has 0 unspecified atom stereocenters. The second-order valence-corrected chi connectivity index (χ2v) is 4.05. The first-order valence-electron chi connectivity index (χ1n) is 4.85. The molecule has 0 heterocycles. The van der Waals surface area contributed by atoms with Crippen LogP contribution in [0.3, 0.4) is 0 Å². The normalized spacial score (nSPS) is 11.4. The van der Waals surface area contributed by atoms with Crippen molar-refractivity contribution in [3.05, 3.63) is 39.9 Å². The van der Waals surface area contributed by atoms with E-state index in [1.165, 1.54) is 6.08 Å². The lowest BCUT2D eigenvalue weighted by Gasteiger charge is -2.05. The molecule has 0 atom stereocenters. The molecule has 0 bridgehead atoms. The Kier molecular flexibility index (Phi) is 4.84. The average Bonchev–Trinajstić information content (AvgIpc) is 2.17. The molecular formula is C12H12Cl2O2. The van der Waals surface area contributed by atoms with Crippen molar-refractivity contribution in [2.45, 2.75) is 13.8 Å². The topological polar surface area (TPSA) is 26.3 Å². The van der Waals surface area contributed by atoms with Gasteiger partial charge in [0.05, 0.1) is 6.61 Å². The molecule has 2 nitrogen and oxygen atoms in total. The van der Waals surface area contributed by atoms with Crippen molar-refractivity contribution in [3.8, 4) is 0 Å². The van der Waals surface area contributed by atoms with Gasteiger partial charge in [-0.3, -0.25) is 0 Å². The van der Waals surface area contributed by atoms with E-state index in [0.717, 1.165) is 11.1 Å². The fraction of sp³-hybridized carbons (Fsp3) is 0.250. The fourth-order valence-electron chi connectivity index (χ4n) is 1.25. The molecule has 0 radical (unpaired) electrons. The fourth-order valence-corrected chi connectivity index (χ4v) is 1.81. The zero-order valence-electron chi connectivity index (χ0n) is 9.09. The zero-order valence-corrected chi connectivity index (χ0v) is 10.6. The van der Waals surface area contributed by atoms with E-state index in [0.29, 0.717) is 16.7 Å². The third-order valence-corrected chi connectivity index (χ3v) is 2.52. The van der Waals surface area contributed by atoms with Crippen molar-refractivity contribution >= 4 is 34.7 Å². The average molecular weight is 259 g/mol. The highest BCUT2D eigenvalue weighted by Gasteiger charge is 2.05. The minimum Gasteiger partial charge on any atom is -0.463 e. The van der Waals surface area contributed by atoms with Crippen LogP contribution in [-0.2, 0) is 9.53 Å². The van der Waals surface area contributed by atoms with E-state index in [1.807, 2.05) is 0 Å². The Morgan fingerprint density at radius 1 is 1.44 bits per heavy atom. The van der Waals surface area contributed by atoms with E-state index in [4.69, 9.17) is 27.9 Å². The van der Waals surface area contributed by atoms with Crippen LogP contribution < -0.4 is 0 Å². The van der Waals surface area contributed by atoms with Crippen molar-refractivity contribution in [3.63, 3.8) is 0 Å². The van der Waals surface area contributed by atoms with Crippen LogP contribution in [0.25, 0.3) is 5.57 Å². The van der Waals surface area contributed by atoms with Gasteiger partial charge in [-0.15, -0.1) is 0 Å². The third-order valence-electron chi connectivity index (χ3n) is 1.98. The summed E-state index contributed by atoms with van der Waals surface area (Å²) in [6.45, 7) is 3.92. The van der Waals surface area contributed by atoms with Gasteiger partial charge in [0, 0.05) is 16.1 Å². The Morgan fingerprint density at radius 3 is 2.69 bits per heavy atom.